The van der Waals surface area contributed by atoms with Crippen molar-refractivity contribution in [2.45, 2.75) is 58.8 Å². The van der Waals surface area contributed by atoms with Crippen molar-refractivity contribution in [3.05, 3.63) is 41.5 Å². The normalized spacial score (nSPS) is 16.1. The zero-order valence-electron chi connectivity index (χ0n) is 20.0. The molecule has 2 heterocycles. The molecular weight excluding hydrogens is 410 g/mol. The largest absolute Gasteiger partial charge is 0.497 e. The minimum Gasteiger partial charge on any atom is -0.497 e. The van der Waals surface area contributed by atoms with Gasteiger partial charge in [0.1, 0.15) is 16.9 Å². The van der Waals surface area contributed by atoms with Gasteiger partial charge in [0.2, 0.25) is 5.89 Å². The fraction of sp³-hybridized carbons (Fsp3) is 0.609. The molecule has 0 atom stereocenters. The monoisotopic (exact) mass is 445 g/mol. The predicted molar refractivity (Wildman–Crippen MR) is 120 cm³/mol. The predicted octanol–water partition coefficient (Wildman–Crippen LogP) is 3.16. The van der Waals surface area contributed by atoms with Crippen LogP contribution >= 0.6 is 0 Å². The summed E-state index contributed by atoms with van der Waals surface area (Å²) in [5.41, 5.74) is -0.0975. The fourth-order valence-electron chi connectivity index (χ4n) is 3.47. The third-order valence-electron chi connectivity index (χ3n) is 5.23. The molecule has 1 saturated heterocycles. The molecule has 0 aliphatic carbocycles. The van der Waals surface area contributed by atoms with E-state index < -0.39 is 17.2 Å². The van der Waals surface area contributed by atoms with E-state index in [4.69, 9.17) is 14.0 Å². The lowest BCUT2D eigenvalue weighted by Crippen LogP contribution is -2.45. The van der Waals surface area contributed by atoms with E-state index in [-0.39, 0.29) is 0 Å². The van der Waals surface area contributed by atoms with Crippen LogP contribution in [0.3, 0.4) is 0 Å². The number of aromatic nitrogens is 2. The highest BCUT2D eigenvalue weighted by atomic mass is 16.6. The fourth-order valence-corrected chi connectivity index (χ4v) is 3.47. The standard InChI is InChI=1S/C23H35N5O4/c1-22(2,3)31-21(29)25-23(4,5)20-24-19(32-26-20)16-28-13-11-27(12-14-28)15-17-7-9-18(30-6)10-8-17/h7-10H,11-16H2,1-6H3,(H,25,29). The molecule has 0 unspecified atom stereocenters. The number of rotatable bonds is 7. The zero-order valence-corrected chi connectivity index (χ0v) is 20.0. The Hall–Kier alpha value is -2.65. The summed E-state index contributed by atoms with van der Waals surface area (Å²) in [6.45, 7) is 14.4. The Kier molecular flexibility index (Phi) is 7.40. The van der Waals surface area contributed by atoms with Crippen LogP contribution in [0.25, 0.3) is 0 Å². The van der Waals surface area contributed by atoms with Gasteiger partial charge in [-0.25, -0.2) is 4.79 Å². The summed E-state index contributed by atoms with van der Waals surface area (Å²) in [5, 5.41) is 6.89. The van der Waals surface area contributed by atoms with Crippen LogP contribution in [-0.4, -0.2) is 64.9 Å². The Morgan fingerprint density at radius 3 is 2.19 bits per heavy atom. The van der Waals surface area contributed by atoms with E-state index in [1.54, 1.807) is 7.11 Å². The van der Waals surface area contributed by atoms with Gasteiger partial charge in [0.25, 0.3) is 0 Å². The van der Waals surface area contributed by atoms with Crippen LogP contribution in [0.1, 0.15) is 51.9 Å². The van der Waals surface area contributed by atoms with E-state index in [0.717, 1.165) is 38.5 Å². The number of piperazine rings is 1. The molecule has 1 fully saturated rings. The molecule has 1 N–H and O–H groups in total. The lowest BCUT2D eigenvalue weighted by molar-refractivity contribution is 0.0465. The van der Waals surface area contributed by atoms with Crippen LogP contribution in [0.2, 0.25) is 0 Å². The second-order valence-corrected chi connectivity index (χ2v) is 9.66. The second kappa shape index (κ2) is 9.87. The molecule has 0 radical (unpaired) electrons. The maximum atomic E-state index is 12.1. The lowest BCUT2D eigenvalue weighted by atomic mass is 10.1. The van der Waals surface area contributed by atoms with Crippen molar-refractivity contribution in [3.63, 3.8) is 0 Å². The SMILES string of the molecule is COc1ccc(CN2CCN(Cc3nc(C(C)(C)NC(=O)OC(C)(C)C)no3)CC2)cc1. The van der Waals surface area contributed by atoms with Gasteiger partial charge >= 0.3 is 6.09 Å². The molecule has 9 heteroatoms. The summed E-state index contributed by atoms with van der Waals surface area (Å²) in [4.78, 5) is 21.4. The highest BCUT2D eigenvalue weighted by molar-refractivity contribution is 5.68. The average molecular weight is 446 g/mol. The molecule has 3 rings (SSSR count). The molecule has 1 aliphatic heterocycles. The van der Waals surface area contributed by atoms with E-state index >= 15 is 0 Å². The minimum absolute atomic E-state index is 0.427. The molecule has 9 nitrogen and oxygen atoms in total. The van der Waals surface area contributed by atoms with Crippen molar-refractivity contribution in [1.29, 1.82) is 0 Å². The minimum atomic E-state index is -0.804. The van der Waals surface area contributed by atoms with Gasteiger partial charge in [-0.1, -0.05) is 17.3 Å². The van der Waals surface area contributed by atoms with Crippen LogP contribution in [-0.2, 0) is 23.4 Å². The highest BCUT2D eigenvalue weighted by Gasteiger charge is 2.31. The van der Waals surface area contributed by atoms with Crippen LogP contribution in [0.4, 0.5) is 4.79 Å². The number of nitrogens with zero attached hydrogens (tertiary/aromatic N) is 4. The number of alkyl carbamates (subject to hydrolysis) is 1. The van der Waals surface area contributed by atoms with Crippen molar-refractivity contribution in [1.82, 2.24) is 25.3 Å². The van der Waals surface area contributed by atoms with Crippen LogP contribution in [0.15, 0.2) is 28.8 Å². The second-order valence-electron chi connectivity index (χ2n) is 9.66. The molecule has 0 saturated carbocycles. The first-order valence-electron chi connectivity index (χ1n) is 11.0. The van der Waals surface area contributed by atoms with E-state index in [2.05, 4.69) is 37.4 Å². The van der Waals surface area contributed by atoms with Gasteiger partial charge in [0.05, 0.1) is 13.7 Å². The van der Waals surface area contributed by atoms with Crippen molar-refractivity contribution in [2.75, 3.05) is 33.3 Å². The number of nitrogens with one attached hydrogen (secondary N) is 1. The third-order valence-corrected chi connectivity index (χ3v) is 5.23. The van der Waals surface area contributed by atoms with Crippen LogP contribution in [0.5, 0.6) is 5.75 Å². The zero-order chi connectivity index (χ0) is 23.4. The third kappa shape index (κ3) is 6.93. The van der Waals surface area contributed by atoms with Crippen LogP contribution < -0.4 is 10.1 Å². The average Bonchev–Trinajstić information content (AvgIpc) is 3.18. The number of ether oxygens (including phenoxy) is 2. The quantitative estimate of drug-likeness (QED) is 0.695. The highest BCUT2D eigenvalue weighted by Crippen LogP contribution is 2.19. The molecular formula is C23H35N5O4. The first-order chi connectivity index (χ1) is 15.0. The molecule has 1 aromatic heterocycles. The van der Waals surface area contributed by atoms with Gasteiger partial charge in [-0.15, -0.1) is 0 Å². The van der Waals surface area contributed by atoms with Crippen molar-refractivity contribution >= 4 is 6.09 Å². The van der Waals surface area contributed by atoms with Gasteiger partial charge in [-0.3, -0.25) is 9.80 Å². The number of hydrogen-bond donors (Lipinski definition) is 1. The number of carbonyl (C=O) groups is 1. The van der Waals surface area contributed by atoms with Gasteiger partial charge in [0.15, 0.2) is 5.82 Å². The summed E-state index contributed by atoms with van der Waals surface area (Å²) in [7, 11) is 1.68. The van der Waals surface area contributed by atoms with Gasteiger partial charge in [-0.05, 0) is 52.3 Å². The lowest BCUT2D eigenvalue weighted by Gasteiger charge is -2.33. The van der Waals surface area contributed by atoms with Gasteiger partial charge in [-0.2, -0.15) is 4.98 Å². The summed E-state index contributed by atoms with van der Waals surface area (Å²) in [6.07, 6.45) is -0.512. The topological polar surface area (TPSA) is 93.0 Å². The Morgan fingerprint density at radius 1 is 1.03 bits per heavy atom. The van der Waals surface area contributed by atoms with E-state index in [9.17, 15) is 4.79 Å². The molecule has 1 aromatic carbocycles. The summed E-state index contributed by atoms with van der Waals surface area (Å²) in [5.74, 6) is 1.85. The summed E-state index contributed by atoms with van der Waals surface area (Å²) in [6, 6.07) is 8.21. The van der Waals surface area contributed by atoms with Crippen LogP contribution in [0, 0.1) is 0 Å². The molecule has 2 aromatic rings. The first kappa shape index (κ1) is 24.0. The number of methoxy groups -OCH3 is 1. The number of amides is 1. The van der Waals surface area contributed by atoms with Crippen molar-refractivity contribution in [2.24, 2.45) is 0 Å². The number of benzene rings is 1. The molecule has 1 amide bonds. The molecule has 0 bridgehead atoms. The van der Waals surface area contributed by atoms with Crippen molar-refractivity contribution < 1.29 is 18.8 Å². The van der Waals surface area contributed by atoms with E-state index in [1.807, 2.05) is 46.8 Å². The van der Waals surface area contributed by atoms with E-state index in [1.165, 1.54) is 5.56 Å². The molecule has 176 valence electrons. The number of hydrogen-bond acceptors (Lipinski definition) is 8. The first-order valence-corrected chi connectivity index (χ1v) is 11.0. The summed E-state index contributed by atoms with van der Waals surface area (Å²) < 4.78 is 16.0. The number of carbonyl (C=O) groups excluding carboxylic acids is 1. The Labute approximate surface area is 190 Å². The van der Waals surface area contributed by atoms with Crippen molar-refractivity contribution in [3.8, 4) is 5.75 Å². The smallest absolute Gasteiger partial charge is 0.408 e. The Bertz CT molecular complexity index is 881. The molecule has 32 heavy (non-hydrogen) atoms. The Balaban J connectivity index is 1.48. The van der Waals surface area contributed by atoms with Gasteiger partial charge in [0, 0.05) is 32.7 Å². The maximum absolute atomic E-state index is 12.1. The Morgan fingerprint density at radius 2 is 1.62 bits per heavy atom. The maximum Gasteiger partial charge on any atom is 0.408 e. The molecule has 1 aliphatic rings. The van der Waals surface area contributed by atoms with Gasteiger partial charge < -0.3 is 19.3 Å². The summed E-state index contributed by atoms with van der Waals surface area (Å²) >= 11 is 0. The molecule has 0 spiro atoms. The van der Waals surface area contributed by atoms with E-state index in [0.29, 0.717) is 18.3 Å².